The second-order valence-electron chi connectivity index (χ2n) is 8.97. The van der Waals surface area contributed by atoms with E-state index in [4.69, 9.17) is 11.6 Å². The molecule has 2 aromatic carbocycles. The Morgan fingerprint density at radius 1 is 1.00 bits per heavy atom. The molecule has 3 rings (SSSR count). The van der Waals surface area contributed by atoms with Gasteiger partial charge in [-0.2, -0.15) is 0 Å². The predicted octanol–water partition coefficient (Wildman–Crippen LogP) is 4.26. The molecule has 0 aliphatic carbocycles. The van der Waals surface area contributed by atoms with Crippen LogP contribution in [0.4, 0.5) is 4.39 Å². The topological polar surface area (TPSA) is 125 Å². The van der Waals surface area contributed by atoms with Gasteiger partial charge in [-0.05, 0) is 53.9 Å². The third-order valence-corrected chi connectivity index (χ3v) is 8.00. The maximum atomic E-state index is 15.1. The molecule has 3 aromatic rings. The highest BCUT2D eigenvalue weighted by molar-refractivity contribution is 7.91. The van der Waals surface area contributed by atoms with Crippen LogP contribution in [0.1, 0.15) is 64.8 Å². The molecule has 1 heterocycles. The summed E-state index contributed by atoms with van der Waals surface area (Å²) in [6.07, 6.45) is 1.20. The summed E-state index contributed by atoms with van der Waals surface area (Å²) in [4.78, 5) is 29.8. The lowest BCUT2D eigenvalue weighted by Crippen LogP contribution is -2.34. The fraction of sp³-hybridized carbons (Fsp3) is 0.296. The fourth-order valence-corrected chi connectivity index (χ4v) is 4.74. The molecule has 3 N–H and O–H groups in total. The minimum Gasteiger partial charge on any atom is -0.394 e. The van der Waals surface area contributed by atoms with Crippen molar-refractivity contribution < 1.29 is 27.5 Å². The number of pyridine rings is 1. The fourth-order valence-electron chi connectivity index (χ4n) is 3.73. The van der Waals surface area contributed by atoms with Crippen LogP contribution >= 0.6 is 11.6 Å². The molecule has 0 saturated heterocycles. The van der Waals surface area contributed by atoms with E-state index in [0.29, 0.717) is 16.1 Å². The second kappa shape index (κ2) is 12.5. The Balaban J connectivity index is 1.76. The molecule has 0 aliphatic rings. The van der Waals surface area contributed by atoms with Crippen molar-refractivity contribution in [1.29, 1.82) is 0 Å². The van der Waals surface area contributed by atoms with Crippen LogP contribution in [-0.4, -0.2) is 42.7 Å². The van der Waals surface area contributed by atoms with Gasteiger partial charge in [0.15, 0.2) is 9.84 Å². The van der Waals surface area contributed by atoms with E-state index in [1.165, 1.54) is 37.4 Å². The summed E-state index contributed by atoms with van der Waals surface area (Å²) in [5, 5.41) is 15.7. The van der Waals surface area contributed by atoms with Gasteiger partial charge in [-0.3, -0.25) is 14.6 Å². The minimum absolute atomic E-state index is 0.0229. The number of halogens is 2. The highest BCUT2D eigenvalue weighted by Gasteiger charge is 2.25. The number of aliphatic hydroxyl groups is 1. The van der Waals surface area contributed by atoms with Crippen molar-refractivity contribution in [3.8, 4) is 0 Å². The molecular weight excluding hydrogens is 533 g/mol. The van der Waals surface area contributed by atoms with Crippen LogP contribution in [0.3, 0.4) is 0 Å². The first kappa shape index (κ1) is 29.2. The molecule has 8 nitrogen and oxygen atoms in total. The Morgan fingerprint density at radius 3 is 2.13 bits per heavy atom. The van der Waals surface area contributed by atoms with E-state index in [0.717, 1.165) is 6.07 Å². The van der Waals surface area contributed by atoms with E-state index in [1.54, 1.807) is 38.1 Å². The third kappa shape index (κ3) is 6.94. The molecule has 202 valence electrons. The molecule has 0 radical (unpaired) electrons. The zero-order valence-corrected chi connectivity index (χ0v) is 22.7. The Bertz CT molecular complexity index is 1400. The molecule has 2 atom stereocenters. The van der Waals surface area contributed by atoms with E-state index in [9.17, 15) is 23.1 Å². The van der Waals surface area contributed by atoms with Gasteiger partial charge in [-0.1, -0.05) is 44.5 Å². The number of aliphatic hydroxyl groups excluding tert-OH is 1. The van der Waals surface area contributed by atoms with Gasteiger partial charge in [0.1, 0.15) is 5.82 Å². The first-order valence-corrected chi connectivity index (χ1v) is 14.0. The van der Waals surface area contributed by atoms with E-state index < -0.39 is 46.2 Å². The number of hydrogen-bond acceptors (Lipinski definition) is 6. The van der Waals surface area contributed by atoms with Crippen LogP contribution in [0.5, 0.6) is 0 Å². The van der Waals surface area contributed by atoms with Crippen LogP contribution in [0.25, 0.3) is 0 Å². The molecular formula is C27H29ClFN3O5S. The van der Waals surface area contributed by atoms with Crippen molar-refractivity contribution in [3.05, 3.63) is 94.0 Å². The van der Waals surface area contributed by atoms with Gasteiger partial charge in [0.05, 0.1) is 40.6 Å². The Kier molecular flexibility index (Phi) is 9.59. The molecule has 0 fully saturated rings. The number of aromatic nitrogens is 1. The van der Waals surface area contributed by atoms with Crippen LogP contribution in [0.2, 0.25) is 5.02 Å². The summed E-state index contributed by atoms with van der Waals surface area (Å²) in [5.74, 6) is -2.15. The van der Waals surface area contributed by atoms with Crippen molar-refractivity contribution in [2.75, 3.05) is 12.4 Å². The number of carbonyl (C=O) groups is 2. The van der Waals surface area contributed by atoms with Gasteiger partial charge in [-0.25, -0.2) is 12.8 Å². The highest BCUT2D eigenvalue weighted by atomic mass is 35.5. The lowest BCUT2D eigenvalue weighted by atomic mass is 9.98. The smallest absolute Gasteiger partial charge is 0.253 e. The molecule has 11 heteroatoms. The third-order valence-electron chi connectivity index (χ3n) is 6.00. The molecule has 0 saturated carbocycles. The summed E-state index contributed by atoms with van der Waals surface area (Å²) in [7, 11) is -3.39. The number of rotatable bonds is 10. The largest absolute Gasteiger partial charge is 0.394 e. The number of hydrogen-bond donors (Lipinski definition) is 3. The van der Waals surface area contributed by atoms with E-state index >= 15 is 4.39 Å². The first-order chi connectivity index (χ1) is 18.0. The lowest BCUT2D eigenvalue weighted by molar-refractivity contribution is 0.0908. The minimum atomic E-state index is -3.39. The zero-order chi connectivity index (χ0) is 28.0. The average molecular weight is 562 g/mol. The molecule has 0 aliphatic heterocycles. The number of nitrogens with one attached hydrogen (secondary N) is 2. The molecule has 0 bridgehead atoms. The normalized spacial score (nSPS) is 13.1. The number of sulfone groups is 1. The van der Waals surface area contributed by atoms with Gasteiger partial charge >= 0.3 is 0 Å². The number of amides is 2. The van der Waals surface area contributed by atoms with Gasteiger partial charge in [-0.15, -0.1) is 0 Å². The van der Waals surface area contributed by atoms with Gasteiger partial charge in [0.25, 0.3) is 11.8 Å². The number of nitrogens with zero attached hydrogens (tertiary/aromatic N) is 1. The van der Waals surface area contributed by atoms with Crippen molar-refractivity contribution >= 4 is 33.3 Å². The van der Waals surface area contributed by atoms with Crippen LogP contribution in [0, 0.1) is 11.7 Å². The van der Waals surface area contributed by atoms with Crippen LogP contribution in [-0.2, 0) is 9.84 Å². The SMILES string of the molecule is CCS(=O)(=O)c1ccc([C@H](CO)NC(=O)c2cnc([C@@H](NC(=O)c3ccc(Cl)cc3)C(C)C)c(F)c2)cc1. The van der Waals surface area contributed by atoms with Crippen LogP contribution < -0.4 is 10.6 Å². The zero-order valence-electron chi connectivity index (χ0n) is 21.1. The molecule has 0 spiro atoms. The lowest BCUT2D eigenvalue weighted by Gasteiger charge is -2.23. The van der Waals surface area contributed by atoms with Gasteiger partial charge < -0.3 is 15.7 Å². The molecule has 1 aromatic heterocycles. The van der Waals surface area contributed by atoms with E-state index in [1.807, 2.05) is 0 Å². The van der Waals surface area contributed by atoms with Crippen molar-refractivity contribution in [1.82, 2.24) is 15.6 Å². The standard InChI is InChI=1S/C27H29ClFN3O5S/c1-4-38(36,37)21-11-7-17(8-12-21)23(15-33)31-27(35)19-13-22(29)25(30-14-19)24(16(2)3)32-26(34)18-5-9-20(28)10-6-18/h5-14,16,23-24,33H,4,15H2,1-3H3,(H,31,35)(H,32,34)/t23-,24-/m0/s1. The maximum Gasteiger partial charge on any atom is 0.253 e. The number of benzene rings is 2. The summed E-state index contributed by atoms with van der Waals surface area (Å²) in [6.45, 7) is 4.68. The van der Waals surface area contributed by atoms with E-state index in [2.05, 4.69) is 15.6 Å². The van der Waals surface area contributed by atoms with Gasteiger partial charge in [0.2, 0.25) is 0 Å². The quantitative estimate of drug-likeness (QED) is 0.340. The van der Waals surface area contributed by atoms with Gasteiger partial charge in [0, 0.05) is 16.8 Å². The first-order valence-electron chi connectivity index (χ1n) is 11.9. The maximum absolute atomic E-state index is 15.1. The summed E-state index contributed by atoms with van der Waals surface area (Å²) < 4.78 is 39.2. The summed E-state index contributed by atoms with van der Waals surface area (Å²) >= 11 is 5.87. The second-order valence-corrected chi connectivity index (χ2v) is 11.7. The molecule has 38 heavy (non-hydrogen) atoms. The Hall–Kier alpha value is -3.34. The summed E-state index contributed by atoms with van der Waals surface area (Å²) in [6, 6.07) is 11.5. The molecule has 0 unspecified atom stereocenters. The summed E-state index contributed by atoms with van der Waals surface area (Å²) in [5.41, 5.74) is 0.726. The average Bonchev–Trinajstić information content (AvgIpc) is 2.90. The van der Waals surface area contributed by atoms with Crippen LogP contribution in [0.15, 0.2) is 65.7 Å². The number of carbonyl (C=O) groups excluding carboxylic acids is 2. The van der Waals surface area contributed by atoms with Crippen molar-refractivity contribution in [2.24, 2.45) is 5.92 Å². The monoisotopic (exact) mass is 561 g/mol. The van der Waals surface area contributed by atoms with E-state index in [-0.39, 0.29) is 27.8 Å². The van der Waals surface area contributed by atoms with Crippen molar-refractivity contribution in [3.63, 3.8) is 0 Å². The Labute approximate surface area is 226 Å². The predicted molar refractivity (Wildman–Crippen MR) is 142 cm³/mol. The van der Waals surface area contributed by atoms with Crippen molar-refractivity contribution in [2.45, 2.75) is 37.8 Å². The Morgan fingerprint density at radius 2 is 1.61 bits per heavy atom. The molecule has 2 amide bonds. The highest BCUT2D eigenvalue weighted by Crippen LogP contribution is 2.24.